The Kier molecular flexibility index (Phi) is 2.80. The van der Waals surface area contributed by atoms with Gasteiger partial charge in [-0.2, -0.15) is 0 Å². The lowest BCUT2D eigenvalue weighted by molar-refractivity contribution is 0.176. The normalized spacial score (nSPS) is 19.4. The Morgan fingerprint density at radius 1 is 1.16 bits per heavy atom. The highest BCUT2D eigenvalue weighted by molar-refractivity contribution is 7.19. The number of thiazole rings is 1. The largest absolute Gasteiger partial charge is 0.477 e. The average Bonchev–Trinajstić information content (AvgIpc) is 3.05. The summed E-state index contributed by atoms with van der Waals surface area (Å²) in [7, 11) is 0. The summed E-state index contributed by atoms with van der Waals surface area (Å²) in [5.41, 5.74) is 0.900. The predicted octanol–water partition coefficient (Wildman–Crippen LogP) is 3.41. The van der Waals surface area contributed by atoms with E-state index in [1.54, 1.807) is 0 Å². The van der Waals surface area contributed by atoms with Crippen molar-refractivity contribution in [1.82, 2.24) is 9.97 Å². The smallest absolute Gasteiger partial charge is 0.276 e. The van der Waals surface area contributed by atoms with Gasteiger partial charge in [-0.3, -0.25) is 0 Å². The Labute approximate surface area is 115 Å². The highest BCUT2D eigenvalue weighted by atomic mass is 32.1. The summed E-state index contributed by atoms with van der Waals surface area (Å²) in [5.74, 6) is 1.44. The van der Waals surface area contributed by atoms with Gasteiger partial charge in [0.05, 0.1) is 6.61 Å². The number of fused-ring (bicyclic) bond motifs is 1. The van der Waals surface area contributed by atoms with Crippen molar-refractivity contribution in [2.75, 3.05) is 6.61 Å². The Morgan fingerprint density at radius 2 is 2.05 bits per heavy atom. The fourth-order valence-electron chi connectivity index (χ4n) is 2.10. The maximum Gasteiger partial charge on any atom is 0.276 e. The summed E-state index contributed by atoms with van der Waals surface area (Å²) < 4.78 is 11.4. The second kappa shape index (κ2) is 4.63. The minimum absolute atomic E-state index is 0.384. The number of ether oxygens (including phenoxy) is 2. The molecular formula is C14H16N2O2S. The molecule has 0 N–H and O–H groups in total. The van der Waals surface area contributed by atoms with Crippen molar-refractivity contribution in [2.24, 2.45) is 5.92 Å². The van der Waals surface area contributed by atoms with Crippen LogP contribution in [0.2, 0.25) is 0 Å². The fourth-order valence-corrected chi connectivity index (χ4v) is 2.95. The van der Waals surface area contributed by atoms with Crippen LogP contribution in [-0.2, 0) is 0 Å². The number of nitrogens with zero attached hydrogens (tertiary/aromatic N) is 2. The average molecular weight is 276 g/mol. The Morgan fingerprint density at radius 3 is 2.79 bits per heavy atom. The first-order chi connectivity index (χ1) is 9.37. The van der Waals surface area contributed by atoms with Crippen molar-refractivity contribution in [1.29, 1.82) is 0 Å². The van der Waals surface area contributed by atoms with Crippen molar-refractivity contribution in [3.8, 4) is 11.1 Å². The van der Waals surface area contributed by atoms with Gasteiger partial charge in [0.2, 0.25) is 5.88 Å². The molecular weight excluding hydrogens is 260 g/mol. The van der Waals surface area contributed by atoms with E-state index in [9.17, 15) is 0 Å². The number of rotatable bonds is 5. The van der Waals surface area contributed by atoms with Gasteiger partial charge in [-0.25, -0.2) is 9.97 Å². The van der Waals surface area contributed by atoms with Gasteiger partial charge in [0.25, 0.3) is 5.19 Å². The van der Waals surface area contributed by atoms with Crippen LogP contribution in [0.3, 0.4) is 0 Å². The minimum Gasteiger partial charge on any atom is -0.477 e. The molecule has 2 aromatic heterocycles. The summed E-state index contributed by atoms with van der Waals surface area (Å²) in [6.07, 6.45) is 6.62. The summed E-state index contributed by atoms with van der Waals surface area (Å²) >= 11 is 1.51. The predicted molar refractivity (Wildman–Crippen MR) is 73.9 cm³/mol. The van der Waals surface area contributed by atoms with E-state index in [1.165, 1.54) is 30.6 Å². The molecule has 19 heavy (non-hydrogen) atoms. The van der Waals surface area contributed by atoms with Crippen molar-refractivity contribution < 1.29 is 9.47 Å². The van der Waals surface area contributed by atoms with Crippen LogP contribution in [0, 0.1) is 5.92 Å². The van der Waals surface area contributed by atoms with E-state index < -0.39 is 0 Å². The molecule has 2 heterocycles. The van der Waals surface area contributed by atoms with Gasteiger partial charge in [-0.15, -0.1) is 0 Å². The van der Waals surface area contributed by atoms with Gasteiger partial charge in [-0.1, -0.05) is 17.8 Å². The number of pyridine rings is 1. The first kappa shape index (κ1) is 11.5. The first-order valence-electron chi connectivity index (χ1n) is 6.94. The molecule has 0 saturated heterocycles. The molecule has 0 aromatic carbocycles. The Bertz CT molecular complexity index is 590. The van der Waals surface area contributed by atoms with E-state index in [1.807, 2.05) is 12.1 Å². The standard InChI is InChI=1S/C14H16N2O2S/c1-2-9(3-1)8-17-12-7-6-11-13(16-12)19-14(15-11)18-10-4-5-10/h6-7,9-10H,1-5,8H2. The van der Waals surface area contributed by atoms with Gasteiger partial charge in [0, 0.05) is 6.07 Å². The lowest BCUT2D eigenvalue weighted by Crippen LogP contribution is -2.19. The fraction of sp³-hybridized carbons (Fsp3) is 0.571. The van der Waals surface area contributed by atoms with Crippen LogP contribution < -0.4 is 9.47 Å². The number of hydrogen-bond acceptors (Lipinski definition) is 5. The van der Waals surface area contributed by atoms with E-state index in [0.717, 1.165) is 40.9 Å². The zero-order valence-electron chi connectivity index (χ0n) is 10.7. The number of hydrogen-bond donors (Lipinski definition) is 0. The molecule has 0 atom stereocenters. The van der Waals surface area contributed by atoms with Crippen LogP contribution in [0.1, 0.15) is 32.1 Å². The van der Waals surface area contributed by atoms with E-state index >= 15 is 0 Å². The molecule has 4 nitrogen and oxygen atoms in total. The third kappa shape index (κ3) is 2.52. The molecule has 100 valence electrons. The zero-order valence-corrected chi connectivity index (χ0v) is 11.5. The summed E-state index contributed by atoms with van der Waals surface area (Å²) in [6.45, 7) is 0.794. The van der Waals surface area contributed by atoms with E-state index in [0.29, 0.717) is 12.0 Å². The van der Waals surface area contributed by atoms with Gasteiger partial charge in [-0.05, 0) is 37.7 Å². The molecule has 2 aliphatic carbocycles. The topological polar surface area (TPSA) is 44.2 Å². The highest BCUT2D eigenvalue weighted by Gasteiger charge is 2.25. The van der Waals surface area contributed by atoms with Crippen LogP contribution >= 0.6 is 11.3 Å². The molecule has 0 radical (unpaired) electrons. The van der Waals surface area contributed by atoms with E-state index in [4.69, 9.17) is 9.47 Å². The van der Waals surface area contributed by atoms with Crippen LogP contribution in [0.25, 0.3) is 10.3 Å². The highest BCUT2D eigenvalue weighted by Crippen LogP contribution is 2.33. The van der Waals surface area contributed by atoms with Crippen LogP contribution in [0.4, 0.5) is 0 Å². The molecule has 5 heteroatoms. The zero-order chi connectivity index (χ0) is 12.7. The minimum atomic E-state index is 0.384. The summed E-state index contributed by atoms with van der Waals surface area (Å²) in [5, 5.41) is 0.737. The van der Waals surface area contributed by atoms with Crippen molar-refractivity contribution in [2.45, 2.75) is 38.2 Å². The molecule has 2 saturated carbocycles. The quantitative estimate of drug-likeness (QED) is 0.839. The molecule has 4 rings (SSSR count). The van der Waals surface area contributed by atoms with Crippen molar-refractivity contribution >= 4 is 21.7 Å². The lowest BCUT2D eigenvalue weighted by atomic mass is 9.86. The Hall–Kier alpha value is -1.36. The third-order valence-corrected chi connectivity index (χ3v) is 4.55. The molecule has 0 aliphatic heterocycles. The molecule has 0 unspecified atom stereocenters. The van der Waals surface area contributed by atoms with E-state index in [2.05, 4.69) is 9.97 Å². The lowest BCUT2D eigenvalue weighted by Gasteiger charge is -2.24. The summed E-state index contributed by atoms with van der Waals surface area (Å²) in [6, 6.07) is 3.87. The van der Waals surface area contributed by atoms with Crippen LogP contribution in [0.15, 0.2) is 12.1 Å². The van der Waals surface area contributed by atoms with Crippen LogP contribution in [0.5, 0.6) is 11.1 Å². The molecule has 0 amide bonds. The van der Waals surface area contributed by atoms with Gasteiger partial charge < -0.3 is 9.47 Å². The van der Waals surface area contributed by atoms with Crippen molar-refractivity contribution in [3.63, 3.8) is 0 Å². The second-order valence-corrected chi connectivity index (χ2v) is 6.32. The van der Waals surface area contributed by atoms with E-state index in [-0.39, 0.29) is 0 Å². The summed E-state index contributed by atoms with van der Waals surface area (Å²) in [4.78, 5) is 9.85. The van der Waals surface area contributed by atoms with Crippen LogP contribution in [-0.4, -0.2) is 22.7 Å². The number of aromatic nitrogens is 2. The molecule has 2 fully saturated rings. The first-order valence-corrected chi connectivity index (χ1v) is 7.75. The monoisotopic (exact) mass is 276 g/mol. The SMILES string of the molecule is c1cc2nc(OC3CC3)sc2nc1OCC1CCC1. The van der Waals surface area contributed by atoms with Crippen molar-refractivity contribution in [3.05, 3.63) is 12.1 Å². The van der Waals surface area contributed by atoms with Gasteiger partial charge in [0.1, 0.15) is 11.6 Å². The van der Waals surface area contributed by atoms with Gasteiger partial charge in [0.15, 0.2) is 4.83 Å². The molecule has 2 aliphatic rings. The molecule has 0 bridgehead atoms. The third-order valence-electron chi connectivity index (χ3n) is 3.69. The molecule has 0 spiro atoms. The van der Waals surface area contributed by atoms with Gasteiger partial charge >= 0.3 is 0 Å². The molecule has 2 aromatic rings. The second-order valence-electron chi connectivity index (χ2n) is 5.38. The maximum absolute atomic E-state index is 5.75. The Balaban J connectivity index is 1.48. The maximum atomic E-state index is 5.75.